The summed E-state index contributed by atoms with van der Waals surface area (Å²) in [5.74, 6) is 3.90. The summed E-state index contributed by atoms with van der Waals surface area (Å²) in [4.78, 5) is 14.0. The van der Waals surface area contributed by atoms with E-state index < -0.39 is 11.1 Å². The molecule has 0 saturated heterocycles. The van der Waals surface area contributed by atoms with Crippen LogP contribution in [-0.2, 0) is 38.2 Å². The highest BCUT2D eigenvalue weighted by Crippen LogP contribution is 2.63. The molecule has 0 N–H and O–H groups in total. The molecule has 0 saturated carbocycles. The zero-order chi connectivity index (χ0) is 55.9. The summed E-state index contributed by atoms with van der Waals surface area (Å²) in [6.07, 6.45) is 1.95. The molecular formula is C72H86N4O. The molecule has 5 nitrogen and oxygen atoms in total. The maximum absolute atomic E-state index is 7.29. The lowest BCUT2D eigenvalue weighted by Crippen LogP contribution is -2.55. The van der Waals surface area contributed by atoms with E-state index in [1.807, 2.05) is 6.20 Å². The van der Waals surface area contributed by atoms with Gasteiger partial charge in [-0.05, 0) is 169 Å². The van der Waals surface area contributed by atoms with Crippen molar-refractivity contribution in [1.29, 1.82) is 0 Å². The summed E-state index contributed by atoms with van der Waals surface area (Å²) < 4.78 is 9.62. The van der Waals surface area contributed by atoms with Crippen molar-refractivity contribution >= 4 is 33.3 Å². The van der Waals surface area contributed by atoms with E-state index in [1.165, 1.54) is 77.7 Å². The Morgan fingerprint density at radius 2 is 1.00 bits per heavy atom. The number of hydrogen-bond acceptors (Lipinski definition) is 4. The van der Waals surface area contributed by atoms with Gasteiger partial charge < -0.3 is 9.64 Å². The lowest BCUT2D eigenvalue weighted by Gasteiger charge is -2.51. The number of benzene rings is 6. The van der Waals surface area contributed by atoms with Crippen molar-refractivity contribution < 1.29 is 4.74 Å². The van der Waals surface area contributed by atoms with E-state index in [9.17, 15) is 0 Å². The molecule has 3 heterocycles. The molecule has 77 heavy (non-hydrogen) atoms. The number of rotatable bonds is 7. The van der Waals surface area contributed by atoms with Crippen molar-refractivity contribution in [3.8, 4) is 28.4 Å². The van der Waals surface area contributed by atoms with Gasteiger partial charge in [0, 0.05) is 28.6 Å². The quantitative estimate of drug-likeness (QED) is 0.160. The highest BCUT2D eigenvalue weighted by molar-refractivity contribution is 6.15. The molecule has 1 aliphatic carbocycles. The standard InChI is InChI=1S/C72H86N4O/c1-43(2)53-23-22-24-54(44(3)4)64(53)76-65(74-71(20)59-30-25-46(66(5,6)7)38-56(59)57-39-47(67(8,9)10)26-31-60(57)72(71,76)21)45-35-50(70(17,18)19)37-52(36-45)77-51-28-29-55-58-40-48(68(11,12)13)27-32-61(58)75(62(55)42-51)63-41-49(33-34-73-63)69(14,15)16/h22-44H,1-21H3/t71-,72+/m1/s1. The highest BCUT2D eigenvalue weighted by atomic mass is 16.5. The molecular weight excluding hydrogens is 937 g/mol. The third-order valence-electron chi connectivity index (χ3n) is 17.3. The Labute approximate surface area is 462 Å². The molecule has 5 heteroatoms. The zero-order valence-electron chi connectivity index (χ0n) is 50.5. The van der Waals surface area contributed by atoms with Crippen molar-refractivity contribution in [2.75, 3.05) is 4.90 Å². The first-order valence-electron chi connectivity index (χ1n) is 28.4. The van der Waals surface area contributed by atoms with E-state index in [0.29, 0.717) is 0 Å². The topological polar surface area (TPSA) is 42.6 Å². The normalized spacial score (nSPS) is 18.1. The molecule has 2 aliphatic rings. The molecule has 0 fully saturated rings. The van der Waals surface area contributed by atoms with Crippen molar-refractivity contribution in [2.24, 2.45) is 4.99 Å². The van der Waals surface area contributed by atoms with Crippen LogP contribution in [0.4, 0.5) is 5.69 Å². The van der Waals surface area contributed by atoms with Crippen molar-refractivity contribution in [2.45, 2.75) is 195 Å². The van der Waals surface area contributed by atoms with Crippen LogP contribution in [0, 0.1) is 0 Å². The van der Waals surface area contributed by atoms with E-state index in [0.717, 1.165) is 39.7 Å². The number of aromatic nitrogens is 2. The highest BCUT2D eigenvalue weighted by Gasteiger charge is 2.62. The number of fused-ring (bicyclic) bond motifs is 9. The molecule has 2 aromatic heterocycles. The van der Waals surface area contributed by atoms with Crippen molar-refractivity contribution in [3.05, 3.63) is 183 Å². The largest absolute Gasteiger partial charge is 0.457 e. The van der Waals surface area contributed by atoms with Gasteiger partial charge in [-0.1, -0.05) is 192 Å². The van der Waals surface area contributed by atoms with E-state index >= 15 is 0 Å². The van der Waals surface area contributed by atoms with Crippen LogP contribution < -0.4 is 9.64 Å². The Kier molecular flexibility index (Phi) is 12.6. The number of ether oxygens (including phenoxy) is 1. The minimum Gasteiger partial charge on any atom is -0.457 e. The van der Waals surface area contributed by atoms with Crippen LogP contribution >= 0.6 is 0 Å². The van der Waals surface area contributed by atoms with Crippen LogP contribution in [-0.4, -0.2) is 15.4 Å². The van der Waals surface area contributed by atoms with E-state index in [2.05, 4.69) is 276 Å². The second kappa shape index (κ2) is 18.0. The van der Waals surface area contributed by atoms with Gasteiger partial charge in [-0.3, -0.25) is 9.56 Å². The average Bonchev–Trinajstić information content (AvgIpc) is 4.09. The average molecular weight is 1020 g/mol. The first kappa shape index (κ1) is 53.9. The second-order valence-electron chi connectivity index (χ2n) is 28.8. The van der Waals surface area contributed by atoms with Gasteiger partial charge in [0.15, 0.2) is 0 Å². The van der Waals surface area contributed by atoms with Gasteiger partial charge in [-0.15, -0.1) is 0 Å². The van der Waals surface area contributed by atoms with Gasteiger partial charge in [0.05, 0.1) is 22.3 Å². The number of pyridine rings is 1. The summed E-state index contributed by atoms with van der Waals surface area (Å²) in [6.45, 7) is 48.8. The third kappa shape index (κ3) is 9.02. The second-order valence-corrected chi connectivity index (χ2v) is 28.8. The van der Waals surface area contributed by atoms with Gasteiger partial charge in [-0.2, -0.15) is 0 Å². The number of hydrogen-bond donors (Lipinski definition) is 0. The third-order valence-corrected chi connectivity index (χ3v) is 17.3. The van der Waals surface area contributed by atoms with Crippen LogP contribution in [0.1, 0.15) is 213 Å². The summed E-state index contributed by atoms with van der Waals surface area (Å²) in [5.41, 5.74) is 16.9. The van der Waals surface area contributed by atoms with E-state index in [4.69, 9.17) is 14.7 Å². The SMILES string of the molecule is CC(C)c1cccc(C(C)C)c1N1C(c2cc(Oc3ccc4c5cc(C(C)(C)C)ccc5n(-c5cc(C(C)(C)C)ccn5)c4c3)cc(C(C)(C)C)c2)=N[C@]2(C)c3ccc(C(C)(C)C)cc3-c3cc(C(C)(C)C)ccc3[C@]12C. The van der Waals surface area contributed by atoms with Crippen LogP contribution in [0.3, 0.4) is 0 Å². The lowest BCUT2D eigenvalue weighted by molar-refractivity contribution is 0.292. The van der Waals surface area contributed by atoms with Crippen molar-refractivity contribution in [1.82, 2.24) is 9.55 Å². The maximum Gasteiger partial charge on any atom is 0.137 e. The molecule has 2 atom stereocenters. The number of amidine groups is 1. The summed E-state index contributed by atoms with van der Waals surface area (Å²) in [7, 11) is 0. The van der Waals surface area contributed by atoms with Gasteiger partial charge in [0.25, 0.3) is 0 Å². The van der Waals surface area contributed by atoms with Crippen LogP contribution in [0.25, 0.3) is 38.8 Å². The number of aliphatic imine (C=N–C) groups is 1. The smallest absolute Gasteiger partial charge is 0.137 e. The monoisotopic (exact) mass is 1020 g/mol. The van der Waals surface area contributed by atoms with Gasteiger partial charge >= 0.3 is 0 Å². The Morgan fingerprint density at radius 3 is 1.57 bits per heavy atom. The lowest BCUT2D eigenvalue weighted by atomic mass is 9.62. The van der Waals surface area contributed by atoms with Crippen LogP contribution in [0.15, 0.2) is 133 Å². The Balaban J connectivity index is 1.23. The first-order chi connectivity index (χ1) is 35.7. The summed E-state index contributed by atoms with van der Waals surface area (Å²) in [6, 6.07) is 46.4. The molecule has 0 spiro atoms. The predicted molar refractivity (Wildman–Crippen MR) is 329 cm³/mol. The molecule has 0 unspecified atom stereocenters. The Hall–Kier alpha value is -6.46. The fourth-order valence-electron chi connectivity index (χ4n) is 12.3. The Bertz CT molecular complexity index is 3650. The Morgan fingerprint density at radius 1 is 0.468 bits per heavy atom. The molecule has 0 bridgehead atoms. The molecule has 0 amide bonds. The fourth-order valence-corrected chi connectivity index (χ4v) is 12.3. The molecule has 400 valence electrons. The molecule has 10 rings (SSSR count). The van der Waals surface area contributed by atoms with E-state index in [1.54, 1.807) is 0 Å². The molecule has 1 aliphatic heterocycles. The van der Waals surface area contributed by atoms with Crippen molar-refractivity contribution in [3.63, 3.8) is 0 Å². The molecule has 8 aromatic rings. The minimum atomic E-state index is -0.703. The molecule has 6 aromatic carbocycles. The number of anilines is 1. The van der Waals surface area contributed by atoms with E-state index in [-0.39, 0.29) is 38.9 Å². The van der Waals surface area contributed by atoms with Gasteiger partial charge in [0.2, 0.25) is 0 Å². The number of para-hydroxylation sites is 1. The zero-order valence-corrected chi connectivity index (χ0v) is 50.5. The predicted octanol–water partition coefficient (Wildman–Crippen LogP) is 19.8. The van der Waals surface area contributed by atoms with Gasteiger partial charge in [-0.25, -0.2) is 4.98 Å². The van der Waals surface area contributed by atoms with Crippen LogP contribution in [0.5, 0.6) is 11.5 Å². The fraction of sp³-hybridized carbons (Fsp3) is 0.417. The summed E-state index contributed by atoms with van der Waals surface area (Å²) in [5, 5.41) is 2.37. The first-order valence-corrected chi connectivity index (χ1v) is 28.4. The number of nitrogens with zero attached hydrogens (tertiary/aromatic N) is 4. The maximum atomic E-state index is 7.29. The minimum absolute atomic E-state index is 0.0107. The van der Waals surface area contributed by atoms with Gasteiger partial charge in [0.1, 0.15) is 28.7 Å². The molecule has 0 radical (unpaired) electrons. The van der Waals surface area contributed by atoms with Crippen LogP contribution in [0.2, 0.25) is 0 Å². The summed E-state index contributed by atoms with van der Waals surface area (Å²) >= 11 is 0.